The van der Waals surface area contributed by atoms with Gasteiger partial charge in [0, 0.05) is 12.6 Å². The fraction of sp³-hybridized carbons (Fsp3) is 0.481. The Morgan fingerprint density at radius 3 is 2.79 bits per heavy atom. The number of benzene rings is 1. The van der Waals surface area contributed by atoms with Crippen LogP contribution < -0.4 is 5.32 Å². The van der Waals surface area contributed by atoms with Crippen molar-refractivity contribution >= 4 is 33.4 Å². The molecule has 0 radical (unpaired) electrons. The average molecular weight is 464 g/mol. The van der Waals surface area contributed by atoms with Crippen LogP contribution in [0, 0.1) is 18.8 Å². The van der Waals surface area contributed by atoms with Gasteiger partial charge in [0.1, 0.15) is 11.2 Å². The molecule has 0 spiro atoms. The molecule has 2 aromatic heterocycles. The first-order valence-corrected chi connectivity index (χ1v) is 12.9. The van der Waals surface area contributed by atoms with Gasteiger partial charge >= 0.3 is 0 Å². The predicted molar refractivity (Wildman–Crippen MR) is 133 cm³/mol. The summed E-state index contributed by atoms with van der Waals surface area (Å²) in [6.07, 6.45) is 3.35. The van der Waals surface area contributed by atoms with E-state index in [-0.39, 0.29) is 17.9 Å². The van der Waals surface area contributed by atoms with E-state index in [4.69, 9.17) is 0 Å². The van der Waals surface area contributed by atoms with Crippen LogP contribution in [-0.4, -0.2) is 32.9 Å². The van der Waals surface area contributed by atoms with Gasteiger partial charge in [-0.25, -0.2) is 0 Å². The fourth-order valence-corrected chi connectivity index (χ4v) is 6.41. The van der Waals surface area contributed by atoms with E-state index in [1.54, 1.807) is 16.2 Å². The Kier molecular flexibility index (Phi) is 5.60. The van der Waals surface area contributed by atoms with Crippen LogP contribution in [0.25, 0.3) is 10.2 Å². The van der Waals surface area contributed by atoms with E-state index in [2.05, 4.69) is 48.9 Å². The first-order valence-electron chi connectivity index (χ1n) is 12.0. The van der Waals surface area contributed by atoms with E-state index < -0.39 is 5.54 Å². The second kappa shape index (κ2) is 8.32. The molecule has 4 unspecified atom stereocenters. The van der Waals surface area contributed by atoms with Crippen molar-refractivity contribution in [1.29, 1.82) is 0 Å². The summed E-state index contributed by atoms with van der Waals surface area (Å²) >= 11 is 1.64. The van der Waals surface area contributed by atoms with Crippen molar-refractivity contribution < 1.29 is 9.59 Å². The van der Waals surface area contributed by atoms with Gasteiger partial charge in [-0.15, -0.1) is 11.3 Å². The number of thiophene rings is 1. The smallest absolute Gasteiger partial charge is 0.271 e. The number of rotatable bonds is 4. The van der Waals surface area contributed by atoms with Crippen LogP contribution >= 0.6 is 11.3 Å². The molecular weight excluding hydrogens is 430 g/mol. The third-order valence-electron chi connectivity index (χ3n) is 8.15. The summed E-state index contributed by atoms with van der Waals surface area (Å²) < 4.78 is 3.14. The van der Waals surface area contributed by atoms with Crippen molar-refractivity contribution in [1.82, 2.24) is 14.8 Å². The molecule has 3 aromatic rings. The van der Waals surface area contributed by atoms with Gasteiger partial charge in [-0.05, 0) is 60.7 Å². The lowest BCUT2D eigenvalue weighted by molar-refractivity contribution is -0.134. The van der Waals surface area contributed by atoms with E-state index in [0.717, 1.165) is 34.2 Å². The topological polar surface area (TPSA) is 54.3 Å². The lowest BCUT2D eigenvalue weighted by Crippen LogP contribution is -2.65. The van der Waals surface area contributed by atoms with Crippen LogP contribution in [-0.2, 0) is 17.9 Å². The number of fused-ring (bicyclic) bond motifs is 3. The molecule has 4 atom stereocenters. The predicted octanol–water partition coefficient (Wildman–Crippen LogP) is 5.37. The van der Waals surface area contributed by atoms with Crippen LogP contribution in [0.1, 0.15) is 61.6 Å². The zero-order valence-corrected chi connectivity index (χ0v) is 20.7. The molecule has 3 heterocycles. The Labute approximate surface area is 199 Å². The molecule has 1 aliphatic heterocycles. The van der Waals surface area contributed by atoms with E-state index >= 15 is 0 Å². The van der Waals surface area contributed by atoms with E-state index in [1.165, 1.54) is 6.42 Å². The van der Waals surface area contributed by atoms with Gasteiger partial charge < -0.3 is 14.8 Å². The zero-order chi connectivity index (χ0) is 23.3. The summed E-state index contributed by atoms with van der Waals surface area (Å²) in [6.45, 7) is 9.40. The monoisotopic (exact) mass is 463 g/mol. The van der Waals surface area contributed by atoms with Crippen molar-refractivity contribution in [3.05, 3.63) is 58.6 Å². The molecule has 2 aliphatic rings. The summed E-state index contributed by atoms with van der Waals surface area (Å²) in [6, 6.07) is 12.3. The van der Waals surface area contributed by atoms with Crippen LogP contribution in [0.15, 0.2) is 41.8 Å². The van der Waals surface area contributed by atoms with Crippen molar-refractivity contribution in [3.8, 4) is 0 Å². The molecule has 5 rings (SSSR count). The lowest BCUT2D eigenvalue weighted by Gasteiger charge is -2.46. The number of hydrogen-bond acceptors (Lipinski definition) is 3. The van der Waals surface area contributed by atoms with Crippen molar-refractivity contribution in [2.75, 3.05) is 0 Å². The van der Waals surface area contributed by atoms with Gasteiger partial charge in [0.2, 0.25) is 5.91 Å². The Morgan fingerprint density at radius 2 is 2.00 bits per heavy atom. The van der Waals surface area contributed by atoms with Gasteiger partial charge in [-0.1, -0.05) is 51.0 Å². The highest BCUT2D eigenvalue weighted by molar-refractivity contribution is 7.17. The SMILES string of the molecule is Cc1ccccc1CN1C(=O)c2cc3sccc3n2CC1(C)C(=O)NC1CCCC(C)C1C. The molecule has 0 saturated heterocycles. The lowest BCUT2D eigenvalue weighted by atomic mass is 9.77. The van der Waals surface area contributed by atoms with Crippen molar-refractivity contribution in [2.45, 2.75) is 71.6 Å². The Balaban J connectivity index is 1.54. The molecule has 33 heavy (non-hydrogen) atoms. The molecule has 2 amide bonds. The molecule has 174 valence electrons. The summed E-state index contributed by atoms with van der Waals surface area (Å²) in [5.74, 6) is 0.907. The van der Waals surface area contributed by atoms with Gasteiger partial charge in [-0.3, -0.25) is 9.59 Å². The summed E-state index contributed by atoms with van der Waals surface area (Å²) in [5.41, 5.74) is 2.95. The molecule has 5 nitrogen and oxygen atoms in total. The van der Waals surface area contributed by atoms with Crippen LogP contribution in [0.3, 0.4) is 0 Å². The second-order valence-corrected chi connectivity index (χ2v) is 11.2. The molecule has 1 fully saturated rings. The van der Waals surface area contributed by atoms with E-state index in [1.807, 2.05) is 30.5 Å². The van der Waals surface area contributed by atoms with Gasteiger partial charge in [0.25, 0.3) is 5.91 Å². The second-order valence-electron chi connectivity index (χ2n) is 10.2. The highest BCUT2D eigenvalue weighted by atomic mass is 32.1. The van der Waals surface area contributed by atoms with E-state index in [0.29, 0.717) is 30.6 Å². The summed E-state index contributed by atoms with van der Waals surface area (Å²) in [5, 5.41) is 5.43. The highest BCUT2D eigenvalue weighted by Crippen LogP contribution is 2.36. The number of hydrogen-bond donors (Lipinski definition) is 1. The fourth-order valence-electron chi connectivity index (χ4n) is 5.59. The van der Waals surface area contributed by atoms with Gasteiger partial charge in [0.05, 0.1) is 16.8 Å². The normalized spacial score (nSPS) is 27.6. The molecular formula is C27H33N3O2S. The molecule has 0 bridgehead atoms. The molecule has 6 heteroatoms. The number of nitrogens with one attached hydrogen (secondary N) is 1. The molecule has 1 aliphatic carbocycles. The van der Waals surface area contributed by atoms with Gasteiger partial charge in [0.15, 0.2) is 0 Å². The Hall–Kier alpha value is -2.60. The number of nitrogens with zero attached hydrogens (tertiary/aromatic N) is 2. The van der Waals surface area contributed by atoms with Crippen molar-refractivity contribution in [3.63, 3.8) is 0 Å². The van der Waals surface area contributed by atoms with Crippen LogP contribution in [0.5, 0.6) is 0 Å². The quantitative estimate of drug-likeness (QED) is 0.566. The average Bonchev–Trinajstić information content (AvgIpc) is 3.38. The minimum atomic E-state index is -0.972. The van der Waals surface area contributed by atoms with Crippen LogP contribution in [0.4, 0.5) is 0 Å². The maximum absolute atomic E-state index is 14.0. The Morgan fingerprint density at radius 1 is 1.21 bits per heavy atom. The van der Waals surface area contributed by atoms with Crippen LogP contribution in [0.2, 0.25) is 0 Å². The standard InChI is InChI=1S/C27H33N3O2S/c1-17-9-7-11-21(19(17)3)28-26(32)27(4)16-29-22-12-13-33-24(22)14-23(29)25(31)30(27)15-20-10-6-5-8-18(20)2/h5-6,8,10,12-14,17,19,21H,7,9,11,15-16H2,1-4H3,(H,28,32). The maximum Gasteiger partial charge on any atom is 0.271 e. The summed E-state index contributed by atoms with van der Waals surface area (Å²) in [4.78, 5) is 29.6. The number of aryl methyl sites for hydroxylation is 1. The third-order valence-corrected chi connectivity index (χ3v) is 9.00. The zero-order valence-electron chi connectivity index (χ0n) is 19.9. The number of aromatic nitrogens is 1. The van der Waals surface area contributed by atoms with Gasteiger partial charge in [-0.2, -0.15) is 0 Å². The molecule has 1 aromatic carbocycles. The summed E-state index contributed by atoms with van der Waals surface area (Å²) in [7, 11) is 0. The first-order chi connectivity index (χ1) is 15.8. The van der Waals surface area contributed by atoms with Crippen molar-refractivity contribution in [2.24, 2.45) is 11.8 Å². The number of carbonyl (C=O) groups is 2. The number of amides is 2. The minimum absolute atomic E-state index is 0.0434. The largest absolute Gasteiger partial charge is 0.351 e. The van der Waals surface area contributed by atoms with E-state index in [9.17, 15) is 9.59 Å². The molecule has 1 saturated carbocycles. The highest BCUT2D eigenvalue weighted by Gasteiger charge is 2.48. The number of carbonyl (C=O) groups excluding carboxylic acids is 2. The Bertz CT molecular complexity index is 1210. The maximum atomic E-state index is 14.0. The molecule has 1 N–H and O–H groups in total. The first kappa shape index (κ1) is 22.2. The minimum Gasteiger partial charge on any atom is -0.351 e. The third kappa shape index (κ3) is 3.68.